The van der Waals surface area contributed by atoms with Crippen molar-refractivity contribution in [3.8, 4) is 0 Å². The Balaban J connectivity index is 1.71. The van der Waals surface area contributed by atoms with Crippen molar-refractivity contribution in [3.63, 3.8) is 0 Å². The molecule has 2 atom stereocenters. The minimum atomic E-state index is -1.30. The van der Waals surface area contributed by atoms with Crippen LogP contribution in [0.25, 0.3) is 0 Å². The SMILES string of the molecule is CN1Cc2c(Cl)cc(Cl)cc2C(c2ccc(NC(=O)NC(CCC(=O)O)C(=O)O)cc2)C1. The summed E-state index contributed by atoms with van der Waals surface area (Å²) in [7, 11) is 2.02. The number of fused-ring (bicyclic) bond motifs is 1. The van der Waals surface area contributed by atoms with Crippen LogP contribution in [0.4, 0.5) is 10.5 Å². The minimum absolute atomic E-state index is 0.0511. The van der Waals surface area contributed by atoms with Gasteiger partial charge >= 0.3 is 18.0 Å². The van der Waals surface area contributed by atoms with Crippen LogP contribution in [0.3, 0.4) is 0 Å². The van der Waals surface area contributed by atoms with E-state index in [1.807, 2.05) is 25.2 Å². The molecule has 0 saturated heterocycles. The predicted molar refractivity (Wildman–Crippen MR) is 122 cm³/mol. The lowest BCUT2D eigenvalue weighted by molar-refractivity contribution is -0.140. The van der Waals surface area contributed by atoms with Gasteiger partial charge in [0.1, 0.15) is 6.04 Å². The van der Waals surface area contributed by atoms with Crippen LogP contribution in [0.2, 0.25) is 10.0 Å². The van der Waals surface area contributed by atoms with E-state index < -0.39 is 24.0 Å². The fourth-order valence-electron chi connectivity index (χ4n) is 3.78. The van der Waals surface area contributed by atoms with Crippen LogP contribution in [0.1, 0.15) is 35.4 Å². The molecule has 0 fully saturated rings. The molecule has 0 radical (unpaired) electrons. The first-order valence-corrected chi connectivity index (χ1v) is 10.7. The maximum Gasteiger partial charge on any atom is 0.326 e. The number of hydrogen-bond donors (Lipinski definition) is 4. The Hall–Kier alpha value is -2.81. The number of aliphatic carboxylic acids is 2. The van der Waals surface area contributed by atoms with Gasteiger partial charge in [0.25, 0.3) is 0 Å². The molecule has 0 saturated carbocycles. The molecule has 4 N–H and O–H groups in total. The molecule has 2 amide bonds. The number of hydrogen-bond acceptors (Lipinski definition) is 4. The molecule has 0 aromatic heterocycles. The molecule has 2 aromatic carbocycles. The summed E-state index contributed by atoms with van der Waals surface area (Å²) in [5.74, 6) is -2.38. The van der Waals surface area contributed by atoms with E-state index in [-0.39, 0.29) is 18.8 Å². The lowest BCUT2D eigenvalue weighted by atomic mass is 9.85. The summed E-state index contributed by atoms with van der Waals surface area (Å²) in [6.45, 7) is 1.51. The minimum Gasteiger partial charge on any atom is -0.481 e. The summed E-state index contributed by atoms with van der Waals surface area (Å²) in [6, 6.07) is 8.87. The Morgan fingerprint density at radius 1 is 1.16 bits per heavy atom. The number of likely N-dealkylation sites (N-methyl/N-ethyl adjacent to an activating group) is 1. The van der Waals surface area contributed by atoms with Crippen LogP contribution in [0.15, 0.2) is 36.4 Å². The van der Waals surface area contributed by atoms with E-state index in [4.69, 9.17) is 33.4 Å². The number of halogens is 2. The van der Waals surface area contributed by atoms with Crippen molar-refractivity contribution in [3.05, 3.63) is 63.1 Å². The van der Waals surface area contributed by atoms with Crippen molar-refractivity contribution in [2.45, 2.75) is 31.3 Å². The van der Waals surface area contributed by atoms with Crippen molar-refractivity contribution < 1.29 is 24.6 Å². The van der Waals surface area contributed by atoms with E-state index in [1.165, 1.54) is 0 Å². The third kappa shape index (κ3) is 5.91. The number of benzene rings is 2. The topological polar surface area (TPSA) is 119 Å². The summed E-state index contributed by atoms with van der Waals surface area (Å²) in [5.41, 5.74) is 3.60. The molecule has 32 heavy (non-hydrogen) atoms. The average molecular weight is 480 g/mol. The molecule has 8 nitrogen and oxygen atoms in total. The Morgan fingerprint density at radius 3 is 2.47 bits per heavy atom. The van der Waals surface area contributed by atoms with Crippen molar-refractivity contribution in [2.75, 3.05) is 18.9 Å². The Bertz CT molecular complexity index is 1030. The van der Waals surface area contributed by atoms with Crippen LogP contribution >= 0.6 is 23.2 Å². The van der Waals surface area contributed by atoms with Gasteiger partial charge in [0.05, 0.1) is 0 Å². The van der Waals surface area contributed by atoms with Crippen molar-refractivity contribution in [2.24, 2.45) is 0 Å². The molecular weight excluding hydrogens is 457 g/mol. The molecule has 1 aliphatic heterocycles. The molecule has 1 aliphatic rings. The van der Waals surface area contributed by atoms with Crippen molar-refractivity contribution in [1.29, 1.82) is 0 Å². The molecule has 0 spiro atoms. The quantitative estimate of drug-likeness (QED) is 0.476. The number of amides is 2. The zero-order chi connectivity index (χ0) is 23.4. The summed E-state index contributed by atoms with van der Waals surface area (Å²) in [4.78, 5) is 36.2. The van der Waals surface area contributed by atoms with Crippen molar-refractivity contribution >= 4 is 46.9 Å². The lowest BCUT2D eigenvalue weighted by Gasteiger charge is -2.33. The van der Waals surface area contributed by atoms with E-state index in [9.17, 15) is 14.4 Å². The van der Waals surface area contributed by atoms with E-state index >= 15 is 0 Å². The van der Waals surface area contributed by atoms with E-state index in [0.29, 0.717) is 15.7 Å². The van der Waals surface area contributed by atoms with Gasteiger partial charge in [0.15, 0.2) is 0 Å². The first-order chi connectivity index (χ1) is 15.1. The molecule has 10 heteroatoms. The molecule has 170 valence electrons. The molecular formula is C22H23Cl2N3O5. The zero-order valence-electron chi connectivity index (χ0n) is 17.3. The summed E-state index contributed by atoms with van der Waals surface area (Å²) < 4.78 is 0. The molecule has 2 aromatic rings. The molecule has 0 bridgehead atoms. The molecule has 3 rings (SSSR count). The van der Waals surface area contributed by atoms with E-state index in [1.54, 1.807) is 18.2 Å². The second-order valence-corrected chi connectivity index (χ2v) is 8.59. The highest BCUT2D eigenvalue weighted by atomic mass is 35.5. The van der Waals surface area contributed by atoms with Gasteiger partial charge in [0, 0.05) is 41.2 Å². The normalized spacial score (nSPS) is 16.7. The van der Waals surface area contributed by atoms with Crippen LogP contribution in [0.5, 0.6) is 0 Å². The third-order valence-corrected chi connectivity index (χ3v) is 5.87. The summed E-state index contributed by atoms with van der Waals surface area (Å²) in [5, 5.41) is 24.0. The van der Waals surface area contributed by atoms with E-state index in [0.717, 1.165) is 29.8 Å². The van der Waals surface area contributed by atoms with Gasteiger partial charge < -0.3 is 25.7 Å². The van der Waals surface area contributed by atoms with Gasteiger partial charge in [-0.2, -0.15) is 0 Å². The maximum atomic E-state index is 12.2. The zero-order valence-corrected chi connectivity index (χ0v) is 18.8. The second kappa shape index (κ2) is 10.2. The van der Waals surface area contributed by atoms with E-state index in [2.05, 4.69) is 15.5 Å². The highest BCUT2D eigenvalue weighted by Crippen LogP contribution is 2.38. The monoisotopic (exact) mass is 479 g/mol. The number of rotatable bonds is 7. The number of anilines is 1. The predicted octanol–water partition coefficient (Wildman–Crippen LogP) is 4.01. The Labute approximate surface area is 195 Å². The highest BCUT2D eigenvalue weighted by molar-refractivity contribution is 6.35. The molecule has 1 heterocycles. The van der Waals surface area contributed by atoms with Gasteiger partial charge in [-0.1, -0.05) is 35.3 Å². The summed E-state index contributed by atoms with van der Waals surface area (Å²) in [6.07, 6.45) is -0.575. The number of carboxylic acids is 2. The molecule has 0 aliphatic carbocycles. The number of carbonyl (C=O) groups is 3. The summed E-state index contributed by atoms with van der Waals surface area (Å²) >= 11 is 12.6. The second-order valence-electron chi connectivity index (χ2n) is 7.75. The van der Waals surface area contributed by atoms with Crippen LogP contribution in [0, 0.1) is 0 Å². The van der Waals surface area contributed by atoms with Gasteiger partial charge in [-0.05, 0) is 54.4 Å². The van der Waals surface area contributed by atoms with Crippen LogP contribution in [-0.4, -0.2) is 52.7 Å². The first kappa shape index (κ1) is 23.8. The van der Waals surface area contributed by atoms with Gasteiger partial charge in [-0.3, -0.25) is 4.79 Å². The van der Waals surface area contributed by atoms with Gasteiger partial charge in [-0.15, -0.1) is 0 Å². The van der Waals surface area contributed by atoms with Gasteiger partial charge in [-0.25, -0.2) is 9.59 Å². The number of nitrogens with one attached hydrogen (secondary N) is 2. The fraction of sp³-hybridized carbons (Fsp3) is 0.318. The Kier molecular flexibility index (Phi) is 7.60. The average Bonchev–Trinajstić information content (AvgIpc) is 2.71. The Morgan fingerprint density at radius 2 is 1.84 bits per heavy atom. The smallest absolute Gasteiger partial charge is 0.326 e. The maximum absolute atomic E-state index is 12.2. The third-order valence-electron chi connectivity index (χ3n) is 5.31. The standard InChI is InChI=1S/C22H23Cl2N3O5/c1-27-10-16(15-8-13(23)9-18(24)17(15)11-27)12-2-4-14(5-3-12)25-22(32)26-19(21(30)31)6-7-20(28)29/h2-5,8-9,16,19H,6-7,10-11H2,1H3,(H,28,29)(H,30,31)(H2,25,26,32). The lowest BCUT2D eigenvalue weighted by Crippen LogP contribution is -2.43. The number of carboxylic acid groups (broad SMARTS) is 2. The number of urea groups is 1. The number of carbonyl (C=O) groups excluding carboxylic acids is 1. The number of nitrogens with zero attached hydrogens (tertiary/aromatic N) is 1. The van der Waals surface area contributed by atoms with Gasteiger partial charge in [0.2, 0.25) is 0 Å². The fourth-order valence-corrected chi connectivity index (χ4v) is 4.35. The molecule has 2 unspecified atom stereocenters. The first-order valence-electron chi connectivity index (χ1n) is 9.92. The van der Waals surface area contributed by atoms with Crippen LogP contribution < -0.4 is 10.6 Å². The van der Waals surface area contributed by atoms with Crippen LogP contribution in [-0.2, 0) is 16.1 Å². The largest absolute Gasteiger partial charge is 0.481 e. The highest BCUT2D eigenvalue weighted by Gasteiger charge is 2.27. The van der Waals surface area contributed by atoms with Crippen molar-refractivity contribution in [1.82, 2.24) is 10.2 Å².